The highest BCUT2D eigenvalue weighted by atomic mass is 19.1. The number of carbonyl (C=O) groups excluding carboxylic acids is 2. The molecule has 2 heterocycles. The van der Waals surface area contributed by atoms with E-state index in [1.807, 2.05) is 24.3 Å². The average molecular weight is 408 g/mol. The lowest BCUT2D eigenvalue weighted by molar-refractivity contribution is -0.120. The van der Waals surface area contributed by atoms with Gasteiger partial charge in [0.1, 0.15) is 23.3 Å². The molecule has 2 aromatic carbocycles. The number of halogens is 1. The number of benzene rings is 2. The quantitative estimate of drug-likeness (QED) is 0.580. The van der Waals surface area contributed by atoms with Gasteiger partial charge < -0.3 is 18.9 Å². The summed E-state index contributed by atoms with van der Waals surface area (Å²) >= 11 is 0. The second-order valence-corrected chi connectivity index (χ2v) is 6.90. The number of hydrogen-bond donors (Lipinski definition) is 0. The average Bonchev–Trinajstić information content (AvgIpc) is 3.31. The molecule has 4 rings (SSSR count). The zero-order chi connectivity index (χ0) is 21.3. The van der Waals surface area contributed by atoms with Crippen LogP contribution < -0.4 is 9.64 Å². The monoisotopic (exact) mass is 408 g/mol. The Labute approximate surface area is 173 Å². The van der Waals surface area contributed by atoms with Crippen LogP contribution in [0, 0.1) is 5.82 Å². The summed E-state index contributed by atoms with van der Waals surface area (Å²) in [6.45, 7) is 2.25. The number of ether oxygens (including phenoxy) is 2. The van der Waals surface area contributed by atoms with E-state index in [1.54, 1.807) is 47.9 Å². The molecule has 1 aromatic heterocycles. The van der Waals surface area contributed by atoms with E-state index < -0.39 is 17.8 Å². The molecule has 1 amide bonds. The first-order chi connectivity index (χ1) is 14.5. The van der Waals surface area contributed by atoms with Gasteiger partial charge in [0.2, 0.25) is 0 Å². The zero-order valence-corrected chi connectivity index (χ0v) is 16.7. The van der Waals surface area contributed by atoms with Gasteiger partial charge in [-0.05, 0) is 55.0 Å². The van der Waals surface area contributed by atoms with Crippen molar-refractivity contribution in [2.24, 2.45) is 0 Å². The van der Waals surface area contributed by atoms with Crippen LogP contribution in [0.2, 0.25) is 0 Å². The van der Waals surface area contributed by atoms with Crippen molar-refractivity contribution in [3.8, 4) is 5.75 Å². The third kappa shape index (κ3) is 3.43. The Hall–Kier alpha value is -3.61. The Balaban J connectivity index is 1.73. The molecule has 3 aromatic rings. The van der Waals surface area contributed by atoms with Gasteiger partial charge in [-0.15, -0.1) is 0 Å². The van der Waals surface area contributed by atoms with Gasteiger partial charge in [0.15, 0.2) is 0 Å². The normalized spacial score (nSPS) is 15.2. The fraction of sp³-hybridized carbons (Fsp3) is 0.217. The van der Waals surface area contributed by atoms with Crippen LogP contribution >= 0.6 is 0 Å². The third-order valence-electron chi connectivity index (χ3n) is 5.12. The van der Waals surface area contributed by atoms with Crippen LogP contribution in [0.25, 0.3) is 0 Å². The number of methoxy groups -OCH3 is 1. The molecule has 0 N–H and O–H groups in total. The Morgan fingerprint density at radius 1 is 1.13 bits per heavy atom. The molecule has 154 valence electrons. The highest BCUT2D eigenvalue weighted by Crippen LogP contribution is 2.40. The predicted octanol–water partition coefficient (Wildman–Crippen LogP) is 3.95. The smallest absolute Gasteiger partial charge is 0.354 e. The molecular weight excluding hydrogens is 387 g/mol. The summed E-state index contributed by atoms with van der Waals surface area (Å²) in [7, 11) is 1.59. The van der Waals surface area contributed by atoms with Crippen LogP contribution in [-0.2, 0) is 16.1 Å². The molecule has 0 saturated heterocycles. The van der Waals surface area contributed by atoms with Gasteiger partial charge in [0, 0.05) is 11.8 Å². The van der Waals surface area contributed by atoms with Crippen LogP contribution in [0.1, 0.15) is 34.6 Å². The fourth-order valence-electron chi connectivity index (χ4n) is 3.73. The van der Waals surface area contributed by atoms with Crippen molar-refractivity contribution in [1.82, 2.24) is 4.57 Å². The molecule has 30 heavy (non-hydrogen) atoms. The Bertz CT molecular complexity index is 1090. The zero-order valence-electron chi connectivity index (χ0n) is 16.7. The number of rotatable bonds is 6. The molecule has 1 aliphatic heterocycles. The first-order valence-electron chi connectivity index (χ1n) is 9.61. The van der Waals surface area contributed by atoms with E-state index in [9.17, 15) is 14.0 Å². The molecule has 7 heteroatoms. The van der Waals surface area contributed by atoms with Gasteiger partial charge in [-0.1, -0.05) is 12.1 Å². The summed E-state index contributed by atoms with van der Waals surface area (Å²) in [4.78, 5) is 27.4. The number of aromatic nitrogens is 1. The van der Waals surface area contributed by atoms with Gasteiger partial charge in [-0.25, -0.2) is 9.18 Å². The van der Waals surface area contributed by atoms with Crippen LogP contribution in [0.3, 0.4) is 0 Å². The minimum absolute atomic E-state index is 0.220. The molecule has 1 unspecified atom stereocenters. The highest BCUT2D eigenvalue weighted by molar-refractivity contribution is 6.05. The number of fused-ring (bicyclic) bond motifs is 1. The largest absolute Gasteiger partial charge is 0.497 e. The van der Waals surface area contributed by atoms with Crippen molar-refractivity contribution in [3.63, 3.8) is 0 Å². The van der Waals surface area contributed by atoms with Gasteiger partial charge in [0.05, 0.1) is 25.9 Å². The van der Waals surface area contributed by atoms with Crippen molar-refractivity contribution in [3.05, 3.63) is 83.4 Å². The third-order valence-corrected chi connectivity index (χ3v) is 5.12. The maximum absolute atomic E-state index is 14.1. The van der Waals surface area contributed by atoms with Crippen molar-refractivity contribution in [2.45, 2.75) is 19.5 Å². The minimum atomic E-state index is -0.844. The Morgan fingerprint density at radius 3 is 2.60 bits per heavy atom. The van der Waals surface area contributed by atoms with Crippen molar-refractivity contribution >= 4 is 17.6 Å². The predicted molar refractivity (Wildman–Crippen MR) is 109 cm³/mol. The summed E-state index contributed by atoms with van der Waals surface area (Å²) in [6.07, 6.45) is 1.64. The highest BCUT2D eigenvalue weighted by Gasteiger charge is 2.40. The fourth-order valence-corrected chi connectivity index (χ4v) is 3.73. The van der Waals surface area contributed by atoms with Crippen LogP contribution in [-0.4, -0.2) is 30.2 Å². The first kappa shape index (κ1) is 19.7. The van der Waals surface area contributed by atoms with E-state index in [2.05, 4.69) is 0 Å². The summed E-state index contributed by atoms with van der Waals surface area (Å²) in [5, 5.41) is 0. The number of esters is 1. The van der Waals surface area contributed by atoms with E-state index >= 15 is 0 Å². The number of anilines is 1. The van der Waals surface area contributed by atoms with E-state index in [0.717, 1.165) is 11.3 Å². The summed E-state index contributed by atoms with van der Waals surface area (Å²) in [5.74, 6) is -0.490. The first-order valence-corrected chi connectivity index (χ1v) is 9.61. The Morgan fingerprint density at radius 2 is 1.90 bits per heavy atom. The molecule has 0 bridgehead atoms. The molecule has 0 spiro atoms. The van der Waals surface area contributed by atoms with Crippen LogP contribution in [0.5, 0.6) is 5.75 Å². The summed E-state index contributed by atoms with van der Waals surface area (Å²) in [6, 6.07) is 14.1. The van der Waals surface area contributed by atoms with Crippen molar-refractivity contribution < 1.29 is 23.5 Å². The van der Waals surface area contributed by atoms with E-state index in [0.29, 0.717) is 17.8 Å². The summed E-state index contributed by atoms with van der Waals surface area (Å²) in [5.41, 5.74) is 2.27. The standard InChI is InChI=1S/C23H21FN2O4/c1-3-30-23(28)20-5-4-12-25(20)21-18-13-16(24)8-11-19(18)26(22(21)27)14-15-6-9-17(29-2)10-7-15/h4-13,21H,3,14H2,1-2H3. The van der Waals surface area contributed by atoms with E-state index in [1.165, 1.54) is 12.1 Å². The number of amides is 1. The molecule has 1 atom stereocenters. The SMILES string of the molecule is CCOC(=O)c1cccn1C1C(=O)N(Cc2ccc(OC)cc2)c2ccc(F)cc21. The van der Waals surface area contributed by atoms with Crippen molar-refractivity contribution in [1.29, 1.82) is 0 Å². The Kier molecular flexibility index (Phi) is 5.27. The molecule has 0 aliphatic carbocycles. The number of hydrogen-bond acceptors (Lipinski definition) is 4. The number of nitrogens with zero attached hydrogens (tertiary/aromatic N) is 2. The second kappa shape index (κ2) is 8.02. The lowest BCUT2D eigenvalue weighted by Crippen LogP contribution is -2.31. The van der Waals surface area contributed by atoms with Crippen LogP contribution in [0.4, 0.5) is 10.1 Å². The lowest BCUT2D eigenvalue weighted by Gasteiger charge is -2.19. The maximum atomic E-state index is 14.1. The van der Waals surface area contributed by atoms with E-state index in [-0.39, 0.29) is 18.2 Å². The molecule has 1 aliphatic rings. The molecular formula is C23H21FN2O4. The van der Waals surface area contributed by atoms with Crippen LogP contribution in [0.15, 0.2) is 60.8 Å². The molecule has 0 fully saturated rings. The van der Waals surface area contributed by atoms with Gasteiger partial charge in [-0.3, -0.25) is 4.79 Å². The molecule has 0 radical (unpaired) electrons. The van der Waals surface area contributed by atoms with Gasteiger partial charge in [-0.2, -0.15) is 0 Å². The van der Waals surface area contributed by atoms with E-state index in [4.69, 9.17) is 9.47 Å². The summed E-state index contributed by atoms with van der Waals surface area (Å²) < 4.78 is 25.9. The van der Waals surface area contributed by atoms with Crippen molar-refractivity contribution in [2.75, 3.05) is 18.6 Å². The number of carbonyl (C=O) groups is 2. The lowest BCUT2D eigenvalue weighted by atomic mass is 10.1. The van der Waals surface area contributed by atoms with Gasteiger partial charge >= 0.3 is 5.97 Å². The topological polar surface area (TPSA) is 60.8 Å². The molecule has 6 nitrogen and oxygen atoms in total. The maximum Gasteiger partial charge on any atom is 0.354 e. The molecule has 0 saturated carbocycles. The van der Waals surface area contributed by atoms with Gasteiger partial charge in [0.25, 0.3) is 5.91 Å². The minimum Gasteiger partial charge on any atom is -0.497 e. The second-order valence-electron chi connectivity index (χ2n) is 6.90.